The minimum absolute atomic E-state index is 0.205. The summed E-state index contributed by atoms with van der Waals surface area (Å²) >= 11 is 0. The van der Waals surface area contributed by atoms with Crippen LogP contribution in [-0.2, 0) is 9.47 Å². The molecule has 1 aromatic rings. The maximum Gasteiger partial charge on any atom is 0.163 e. The van der Waals surface area contributed by atoms with Gasteiger partial charge in [-0.2, -0.15) is 0 Å². The summed E-state index contributed by atoms with van der Waals surface area (Å²) in [6, 6.07) is 10.4. The zero-order chi connectivity index (χ0) is 10.9. The lowest BCUT2D eigenvalue weighted by molar-refractivity contribution is -0.276. The van der Waals surface area contributed by atoms with E-state index in [2.05, 4.69) is 31.2 Å². The molecule has 2 heteroatoms. The van der Waals surface area contributed by atoms with E-state index >= 15 is 0 Å². The first-order chi connectivity index (χ1) is 7.08. The Balaban J connectivity index is 2.13. The molecule has 2 nitrogen and oxygen atoms in total. The third kappa shape index (κ3) is 2.39. The molecule has 1 aliphatic heterocycles. The van der Waals surface area contributed by atoms with E-state index in [9.17, 15) is 0 Å². The van der Waals surface area contributed by atoms with Gasteiger partial charge in [0.15, 0.2) is 5.79 Å². The van der Waals surface area contributed by atoms with Crippen molar-refractivity contribution in [1.82, 2.24) is 0 Å². The topological polar surface area (TPSA) is 18.5 Å². The molecule has 0 bridgehead atoms. The van der Waals surface area contributed by atoms with Crippen molar-refractivity contribution in [3.05, 3.63) is 35.9 Å². The lowest BCUT2D eigenvalue weighted by Crippen LogP contribution is -2.43. The predicted octanol–water partition coefficient (Wildman–Crippen LogP) is 2.94. The van der Waals surface area contributed by atoms with Crippen LogP contribution in [0.2, 0.25) is 0 Å². The van der Waals surface area contributed by atoms with Crippen LogP contribution < -0.4 is 0 Å². The van der Waals surface area contributed by atoms with Crippen molar-refractivity contribution in [2.24, 2.45) is 0 Å². The van der Waals surface area contributed by atoms with Gasteiger partial charge in [0.2, 0.25) is 0 Å². The molecule has 1 aromatic carbocycles. The largest absolute Gasteiger partial charge is 0.350 e. The summed E-state index contributed by atoms with van der Waals surface area (Å²) in [6.07, 6.45) is 0.205. The number of rotatable bonds is 1. The van der Waals surface area contributed by atoms with Gasteiger partial charge in [-0.1, -0.05) is 30.3 Å². The average molecular weight is 206 g/mol. The van der Waals surface area contributed by atoms with Crippen molar-refractivity contribution in [3.63, 3.8) is 0 Å². The molecular weight excluding hydrogens is 188 g/mol. The van der Waals surface area contributed by atoms with Crippen molar-refractivity contribution in [2.75, 3.05) is 6.61 Å². The number of hydrogen-bond donors (Lipinski definition) is 0. The second kappa shape index (κ2) is 3.95. The van der Waals surface area contributed by atoms with E-state index in [1.54, 1.807) is 0 Å². The van der Waals surface area contributed by atoms with E-state index in [1.165, 1.54) is 5.56 Å². The summed E-state index contributed by atoms with van der Waals surface area (Å²) in [6.45, 7) is 6.77. The Morgan fingerprint density at radius 2 is 1.87 bits per heavy atom. The van der Waals surface area contributed by atoms with Crippen LogP contribution in [0.3, 0.4) is 0 Å². The molecule has 0 aromatic heterocycles. The van der Waals surface area contributed by atoms with Crippen LogP contribution >= 0.6 is 0 Å². The molecule has 1 heterocycles. The fourth-order valence-electron chi connectivity index (χ4n) is 2.06. The zero-order valence-electron chi connectivity index (χ0n) is 9.57. The first-order valence-electron chi connectivity index (χ1n) is 5.45. The Kier molecular flexibility index (Phi) is 2.81. The first-order valence-corrected chi connectivity index (χ1v) is 5.45. The standard InChI is InChI=1S/C13H18O2/c1-10-12(9-14-13(2,3)15-10)11-7-5-4-6-8-11/h4-8,10,12H,9H2,1-3H3. The molecule has 0 aliphatic carbocycles. The molecule has 0 amide bonds. The summed E-state index contributed by atoms with van der Waals surface area (Å²) in [5.41, 5.74) is 1.29. The van der Waals surface area contributed by atoms with Crippen LogP contribution in [0.1, 0.15) is 32.3 Å². The van der Waals surface area contributed by atoms with Crippen LogP contribution in [0, 0.1) is 0 Å². The molecule has 2 unspecified atom stereocenters. The molecule has 0 radical (unpaired) electrons. The van der Waals surface area contributed by atoms with Crippen LogP contribution in [0.5, 0.6) is 0 Å². The van der Waals surface area contributed by atoms with Crippen molar-refractivity contribution < 1.29 is 9.47 Å². The molecule has 2 rings (SSSR count). The molecular formula is C13H18O2. The minimum atomic E-state index is -0.440. The average Bonchev–Trinajstić information content (AvgIpc) is 2.17. The summed E-state index contributed by atoms with van der Waals surface area (Å²) in [4.78, 5) is 0. The normalized spacial score (nSPS) is 30.1. The first kappa shape index (κ1) is 10.7. The van der Waals surface area contributed by atoms with Gasteiger partial charge in [-0.15, -0.1) is 0 Å². The maximum atomic E-state index is 5.82. The fourth-order valence-corrected chi connectivity index (χ4v) is 2.06. The van der Waals surface area contributed by atoms with Gasteiger partial charge in [0.1, 0.15) is 0 Å². The van der Waals surface area contributed by atoms with Crippen LogP contribution in [0.25, 0.3) is 0 Å². The van der Waals surface area contributed by atoms with Crippen LogP contribution in [0.4, 0.5) is 0 Å². The molecule has 0 saturated carbocycles. The van der Waals surface area contributed by atoms with Gasteiger partial charge in [0.05, 0.1) is 12.7 Å². The third-order valence-electron chi connectivity index (χ3n) is 2.87. The fraction of sp³-hybridized carbons (Fsp3) is 0.538. The maximum absolute atomic E-state index is 5.82. The summed E-state index contributed by atoms with van der Waals surface area (Å²) in [5, 5.41) is 0. The monoisotopic (exact) mass is 206 g/mol. The minimum Gasteiger partial charge on any atom is -0.350 e. The van der Waals surface area contributed by atoms with Gasteiger partial charge in [0.25, 0.3) is 0 Å². The molecule has 2 atom stereocenters. The highest BCUT2D eigenvalue weighted by Gasteiger charge is 2.34. The molecule has 15 heavy (non-hydrogen) atoms. The number of benzene rings is 1. The third-order valence-corrected chi connectivity index (χ3v) is 2.87. The van der Waals surface area contributed by atoms with Gasteiger partial charge in [-0.25, -0.2) is 0 Å². The molecule has 82 valence electrons. The van der Waals surface area contributed by atoms with Gasteiger partial charge in [-0.05, 0) is 26.3 Å². The van der Waals surface area contributed by atoms with E-state index in [0.717, 1.165) is 6.61 Å². The van der Waals surface area contributed by atoms with Gasteiger partial charge >= 0.3 is 0 Å². The van der Waals surface area contributed by atoms with Gasteiger partial charge in [-0.3, -0.25) is 0 Å². The summed E-state index contributed by atoms with van der Waals surface area (Å²) < 4.78 is 11.5. The highest BCUT2D eigenvalue weighted by Crippen LogP contribution is 2.32. The highest BCUT2D eigenvalue weighted by atomic mass is 16.7. The Bertz CT molecular complexity index is 319. The summed E-state index contributed by atoms with van der Waals surface area (Å²) in [7, 11) is 0. The molecule has 1 aliphatic rings. The van der Waals surface area contributed by atoms with Crippen molar-refractivity contribution in [1.29, 1.82) is 0 Å². The van der Waals surface area contributed by atoms with E-state index < -0.39 is 5.79 Å². The summed E-state index contributed by atoms with van der Waals surface area (Å²) in [5.74, 6) is -0.0933. The van der Waals surface area contributed by atoms with E-state index in [4.69, 9.17) is 9.47 Å². The smallest absolute Gasteiger partial charge is 0.163 e. The lowest BCUT2D eigenvalue weighted by Gasteiger charge is -2.39. The molecule has 1 fully saturated rings. The Morgan fingerprint density at radius 1 is 1.20 bits per heavy atom. The van der Waals surface area contributed by atoms with Crippen LogP contribution in [-0.4, -0.2) is 18.5 Å². The van der Waals surface area contributed by atoms with Crippen molar-refractivity contribution in [3.8, 4) is 0 Å². The number of ether oxygens (including phenoxy) is 2. The zero-order valence-corrected chi connectivity index (χ0v) is 9.57. The molecule has 0 N–H and O–H groups in total. The molecule has 1 saturated heterocycles. The highest BCUT2D eigenvalue weighted by molar-refractivity contribution is 5.21. The lowest BCUT2D eigenvalue weighted by atomic mass is 9.94. The SMILES string of the molecule is CC1OC(C)(C)OCC1c1ccccc1. The Labute approximate surface area is 91.2 Å². The molecule has 0 spiro atoms. The van der Waals surface area contributed by atoms with Crippen molar-refractivity contribution in [2.45, 2.75) is 38.6 Å². The van der Waals surface area contributed by atoms with Crippen LogP contribution in [0.15, 0.2) is 30.3 Å². The number of hydrogen-bond acceptors (Lipinski definition) is 2. The van der Waals surface area contributed by atoms with E-state index in [-0.39, 0.29) is 6.10 Å². The quantitative estimate of drug-likeness (QED) is 0.703. The van der Waals surface area contributed by atoms with Gasteiger partial charge in [0, 0.05) is 5.92 Å². The predicted molar refractivity (Wildman–Crippen MR) is 59.8 cm³/mol. The van der Waals surface area contributed by atoms with E-state index in [0.29, 0.717) is 5.92 Å². The Morgan fingerprint density at radius 3 is 2.47 bits per heavy atom. The van der Waals surface area contributed by atoms with E-state index in [1.807, 2.05) is 19.9 Å². The second-order valence-electron chi connectivity index (χ2n) is 4.55. The van der Waals surface area contributed by atoms with Gasteiger partial charge < -0.3 is 9.47 Å². The second-order valence-corrected chi connectivity index (χ2v) is 4.55. The Hall–Kier alpha value is -0.860. The van der Waals surface area contributed by atoms with Crippen molar-refractivity contribution >= 4 is 0 Å².